The number of aromatic nitrogens is 2. The fraction of sp³-hybridized carbons (Fsp3) is 0.300. The van der Waals surface area contributed by atoms with Crippen LogP contribution in [-0.2, 0) is 6.54 Å². The van der Waals surface area contributed by atoms with Crippen molar-refractivity contribution in [2.45, 2.75) is 13.5 Å². The number of nitro benzene ring substituents is 1. The van der Waals surface area contributed by atoms with E-state index in [4.69, 9.17) is 16.1 Å². The van der Waals surface area contributed by atoms with Crippen LogP contribution in [0.15, 0.2) is 47.0 Å². The van der Waals surface area contributed by atoms with Crippen LogP contribution < -0.4 is 4.90 Å². The molecule has 1 fully saturated rings. The van der Waals surface area contributed by atoms with Gasteiger partial charge in [-0.05, 0) is 25.1 Å². The van der Waals surface area contributed by atoms with Gasteiger partial charge >= 0.3 is 0 Å². The molecule has 0 N–H and O–H groups in total. The van der Waals surface area contributed by atoms with Gasteiger partial charge in [-0.25, -0.2) is 0 Å². The molecule has 0 radical (unpaired) electrons. The zero-order valence-electron chi connectivity index (χ0n) is 15.9. The van der Waals surface area contributed by atoms with Gasteiger partial charge < -0.3 is 9.42 Å². The largest absolute Gasteiger partial charge is 0.363 e. The highest BCUT2D eigenvalue weighted by molar-refractivity contribution is 6.30. The second-order valence-electron chi connectivity index (χ2n) is 7.03. The SMILES string of the molecule is Cc1cccc(-c2noc(CN3CCN(c4ccc(Cl)cc4[N+](=O)[O-])CC3)n2)c1. The molecule has 0 aliphatic carbocycles. The second kappa shape index (κ2) is 8.18. The Morgan fingerprint density at radius 3 is 2.69 bits per heavy atom. The van der Waals surface area contributed by atoms with Gasteiger partial charge in [0.2, 0.25) is 11.7 Å². The van der Waals surface area contributed by atoms with Crippen LogP contribution in [0.3, 0.4) is 0 Å². The van der Waals surface area contributed by atoms with Crippen LogP contribution in [0, 0.1) is 17.0 Å². The van der Waals surface area contributed by atoms with Crippen molar-refractivity contribution in [3.8, 4) is 11.4 Å². The minimum atomic E-state index is -0.390. The van der Waals surface area contributed by atoms with Gasteiger partial charge in [0.15, 0.2) is 0 Å². The summed E-state index contributed by atoms with van der Waals surface area (Å²) in [5.74, 6) is 1.14. The molecule has 9 heteroatoms. The van der Waals surface area contributed by atoms with Crippen molar-refractivity contribution in [2.24, 2.45) is 0 Å². The van der Waals surface area contributed by atoms with Gasteiger partial charge in [-0.3, -0.25) is 15.0 Å². The molecular weight excluding hydrogens is 394 g/mol. The average Bonchev–Trinajstić information content (AvgIpc) is 3.17. The number of piperazine rings is 1. The van der Waals surface area contributed by atoms with Crippen molar-refractivity contribution in [3.05, 3.63) is 69.1 Å². The van der Waals surface area contributed by atoms with E-state index in [1.54, 1.807) is 12.1 Å². The number of anilines is 1. The van der Waals surface area contributed by atoms with E-state index in [9.17, 15) is 10.1 Å². The molecular formula is C20H20ClN5O3. The number of hydrogen-bond donors (Lipinski definition) is 0. The van der Waals surface area contributed by atoms with Crippen LogP contribution in [0.1, 0.15) is 11.5 Å². The van der Waals surface area contributed by atoms with Gasteiger partial charge in [0.05, 0.1) is 11.5 Å². The topological polar surface area (TPSA) is 88.5 Å². The molecule has 0 unspecified atom stereocenters. The Labute approximate surface area is 172 Å². The quantitative estimate of drug-likeness (QED) is 0.462. The van der Waals surface area contributed by atoms with Crippen molar-refractivity contribution in [2.75, 3.05) is 31.1 Å². The van der Waals surface area contributed by atoms with E-state index in [1.807, 2.05) is 36.1 Å². The lowest BCUT2D eigenvalue weighted by Crippen LogP contribution is -2.46. The van der Waals surface area contributed by atoms with Gasteiger partial charge in [-0.1, -0.05) is 40.5 Å². The number of nitro groups is 1. The Morgan fingerprint density at radius 2 is 1.97 bits per heavy atom. The van der Waals surface area contributed by atoms with E-state index in [-0.39, 0.29) is 5.69 Å². The standard InChI is InChI=1S/C20H20ClN5O3/c1-14-3-2-4-15(11-14)20-22-19(29-23-20)13-24-7-9-25(10-8-24)17-6-5-16(21)12-18(17)26(27)28/h2-6,11-12H,7-10,13H2,1H3. The molecule has 1 aromatic heterocycles. The summed E-state index contributed by atoms with van der Waals surface area (Å²) in [6.07, 6.45) is 0. The second-order valence-corrected chi connectivity index (χ2v) is 7.47. The maximum absolute atomic E-state index is 11.3. The minimum absolute atomic E-state index is 0.0330. The summed E-state index contributed by atoms with van der Waals surface area (Å²) >= 11 is 5.91. The molecule has 0 bridgehead atoms. The first-order chi connectivity index (χ1) is 14.0. The highest BCUT2D eigenvalue weighted by Crippen LogP contribution is 2.31. The molecule has 4 rings (SSSR count). The van der Waals surface area contributed by atoms with Crippen molar-refractivity contribution in [1.29, 1.82) is 0 Å². The first kappa shape index (κ1) is 19.4. The van der Waals surface area contributed by atoms with Crippen molar-refractivity contribution in [1.82, 2.24) is 15.0 Å². The fourth-order valence-corrected chi connectivity index (χ4v) is 3.64. The Hall–Kier alpha value is -2.97. The minimum Gasteiger partial charge on any atom is -0.363 e. The first-order valence-electron chi connectivity index (χ1n) is 9.30. The normalized spacial score (nSPS) is 14.9. The Balaban J connectivity index is 1.39. The third kappa shape index (κ3) is 4.38. The smallest absolute Gasteiger partial charge is 0.294 e. The van der Waals surface area contributed by atoms with Crippen molar-refractivity contribution >= 4 is 23.0 Å². The summed E-state index contributed by atoms with van der Waals surface area (Å²) in [7, 11) is 0. The lowest BCUT2D eigenvalue weighted by atomic mass is 10.1. The van der Waals surface area contributed by atoms with E-state index in [0.29, 0.717) is 42.1 Å². The molecule has 1 aliphatic heterocycles. The molecule has 0 atom stereocenters. The zero-order valence-corrected chi connectivity index (χ0v) is 16.7. The molecule has 150 valence electrons. The molecule has 2 aromatic carbocycles. The molecule has 8 nitrogen and oxygen atoms in total. The predicted octanol–water partition coefficient (Wildman–Crippen LogP) is 3.93. The lowest BCUT2D eigenvalue weighted by molar-refractivity contribution is -0.384. The van der Waals surface area contributed by atoms with E-state index in [0.717, 1.165) is 24.2 Å². The summed E-state index contributed by atoms with van der Waals surface area (Å²) < 4.78 is 5.42. The number of aryl methyl sites for hydroxylation is 1. The van der Waals surface area contributed by atoms with Crippen LogP contribution in [0.2, 0.25) is 5.02 Å². The number of benzene rings is 2. The van der Waals surface area contributed by atoms with E-state index >= 15 is 0 Å². The average molecular weight is 414 g/mol. The van der Waals surface area contributed by atoms with Crippen molar-refractivity contribution in [3.63, 3.8) is 0 Å². The van der Waals surface area contributed by atoms with Crippen LogP contribution in [0.25, 0.3) is 11.4 Å². The van der Waals surface area contributed by atoms with Gasteiger partial charge in [0, 0.05) is 42.8 Å². The van der Waals surface area contributed by atoms with Crippen LogP contribution in [0.4, 0.5) is 11.4 Å². The lowest BCUT2D eigenvalue weighted by Gasteiger charge is -2.35. The molecule has 2 heterocycles. The van der Waals surface area contributed by atoms with E-state index in [2.05, 4.69) is 15.0 Å². The maximum Gasteiger partial charge on any atom is 0.294 e. The van der Waals surface area contributed by atoms with E-state index in [1.165, 1.54) is 6.07 Å². The van der Waals surface area contributed by atoms with Crippen molar-refractivity contribution < 1.29 is 9.45 Å². The Kier molecular flexibility index (Phi) is 5.46. The summed E-state index contributed by atoms with van der Waals surface area (Å²) in [5.41, 5.74) is 2.70. The fourth-order valence-electron chi connectivity index (χ4n) is 3.47. The maximum atomic E-state index is 11.3. The van der Waals surface area contributed by atoms with Gasteiger partial charge in [-0.15, -0.1) is 0 Å². The molecule has 29 heavy (non-hydrogen) atoms. The number of halogens is 1. The molecule has 1 saturated heterocycles. The summed E-state index contributed by atoms with van der Waals surface area (Å²) in [5, 5.41) is 15.8. The Bertz CT molecular complexity index is 1030. The number of rotatable bonds is 5. The highest BCUT2D eigenvalue weighted by Gasteiger charge is 2.25. The third-order valence-electron chi connectivity index (χ3n) is 4.95. The van der Waals surface area contributed by atoms with Crippen LogP contribution >= 0.6 is 11.6 Å². The summed E-state index contributed by atoms with van der Waals surface area (Å²) in [4.78, 5) is 19.7. The Morgan fingerprint density at radius 1 is 1.17 bits per heavy atom. The van der Waals surface area contributed by atoms with Crippen LogP contribution in [-0.4, -0.2) is 46.1 Å². The first-order valence-corrected chi connectivity index (χ1v) is 9.68. The van der Waals surface area contributed by atoms with Gasteiger partial charge in [-0.2, -0.15) is 4.98 Å². The molecule has 3 aromatic rings. The van der Waals surface area contributed by atoms with Gasteiger partial charge in [0.25, 0.3) is 5.69 Å². The summed E-state index contributed by atoms with van der Waals surface area (Å²) in [6.45, 7) is 5.39. The summed E-state index contributed by atoms with van der Waals surface area (Å²) in [6, 6.07) is 12.8. The van der Waals surface area contributed by atoms with Crippen LogP contribution in [0.5, 0.6) is 0 Å². The number of nitrogens with zero attached hydrogens (tertiary/aromatic N) is 5. The van der Waals surface area contributed by atoms with Gasteiger partial charge in [0.1, 0.15) is 5.69 Å². The van der Waals surface area contributed by atoms with E-state index < -0.39 is 4.92 Å². The molecule has 1 aliphatic rings. The third-order valence-corrected chi connectivity index (χ3v) is 5.19. The zero-order chi connectivity index (χ0) is 20.4. The molecule has 0 amide bonds. The monoisotopic (exact) mass is 413 g/mol. The predicted molar refractivity (Wildman–Crippen MR) is 110 cm³/mol. The highest BCUT2D eigenvalue weighted by atomic mass is 35.5. The molecule has 0 saturated carbocycles. The number of hydrogen-bond acceptors (Lipinski definition) is 7. The molecule has 0 spiro atoms.